The van der Waals surface area contributed by atoms with Gasteiger partial charge in [-0.1, -0.05) is 12.8 Å². The lowest BCUT2D eigenvalue weighted by atomic mass is 10.1. The number of aromatic nitrogens is 2. The number of hydrogen-bond donors (Lipinski definition) is 2. The second-order valence-electron chi connectivity index (χ2n) is 4.81. The molecular formula is C14H22N4O3. The number of likely N-dealkylation sites (N-methyl/N-ethyl adjacent to an activating group) is 1. The molecule has 7 heteroatoms. The average molecular weight is 294 g/mol. The molecule has 116 valence electrons. The van der Waals surface area contributed by atoms with E-state index in [0.29, 0.717) is 18.9 Å². The predicted octanol–water partition coefficient (Wildman–Crippen LogP) is 1.06. The van der Waals surface area contributed by atoms with Crippen molar-refractivity contribution in [3.8, 4) is 0 Å². The van der Waals surface area contributed by atoms with Gasteiger partial charge < -0.3 is 15.3 Å². The summed E-state index contributed by atoms with van der Waals surface area (Å²) < 4.78 is 0. The number of anilines is 1. The summed E-state index contributed by atoms with van der Waals surface area (Å²) in [5.41, 5.74) is 0. The molecule has 0 radical (unpaired) electrons. The summed E-state index contributed by atoms with van der Waals surface area (Å²) in [5.74, 6) is -0.314. The standard InChI is InChI=1S/C14H22N4O3/c1-18(14-16-9-6-10-17-14)11-12(19)15-8-5-3-2-4-7-13(20)21/h6,9-10H,2-5,7-8,11H2,1H3,(H,15,19)(H,20,21). The van der Waals surface area contributed by atoms with Crippen molar-refractivity contribution >= 4 is 17.8 Å². The second-order valence-corrected chi connectivity index (χ2v) is 4.81. The van der Waals surface area contributed by atoms with Crippen LogP contribution in [-0.2, 0) is 9.59 Å². The van der Waals surface area contributed by atoms with E-state index in [1.165, 1.54) is 0 Å². The summed E-state index contributed by atoms with van der Waals surface area (Å²) in [6, 6.07) is 1.72. The van der Waals surface area contributed by atoms with Gasteiger partial charge in [-0.3, -0.25) is 9.59 Å². The van der Waals surface area contributed by atoms with Crippen LogP contribution in [0.5, 0.6) is 0 Å². The van der Waals surface area contributed by atoms with Crippen LogP contribution in [-0.4, -0.2) is 47.1 Å². The minimum absolute atomic E-state index is 0.0736. The van der Waals surface area contributed by atoms with Crippen LogP contribution in [0.2, 0.25) is 0 Å². The van der Waals surface area contributed by atoms with Crippen LogP contribution in [0.15, 0.2) is 18.5 Å². The lowest BCUT2D eigenvalue weighted by Crippen LogP contribution is -2.36. The first-order valence-electron chi connectivity index (χ1n) is 7.06. The lowest BCUT2D eigenvalue weighted by Gasteiger charge is -2.15. The number of amides is 1. The number of hydrogen-bond acceptors (Lipinski definition) is 5. The number of unbranched alkanes of at least 4 members (excludes halogenated alkanes) is 3. The number of carboxylic acids is 1. The second kappa shape index (κ2) is 9.68. The first kappa shape index (κ1) is 16.9. The predicted molar refractivity (Wildman–Crippen MR) is 79.0 cm³/mol. The topological polar surface area (TPSA) is 95.4 Å². The molecule has 1 rings (SSSR count). The molecule has 0 aliphatic heterocycles. The van der Waals surface area contributed by atoms with Crippen LogP contribution < -0.4 is 10.2 Å². The van der Waals surface area contributed by atoms with Crippen molar-refractivity contribution in [2.24, 2.45) is 0 Å². The fourth-order valence-corrected chi connectivity index (χ4v) is 1.81. The first-order chi connectivity index (χ1) is 10.1. The smallest absolute Gasteiger partial charge is 0.303 e. The highest BCUT2D eigenvalue weighted by atomic mass is 16.4. The molecule has 0 aliphatic rings. The van der Waals surface area contributed by atoms with Crippen molar-refractivity contribution in [1.29, 1.82) is 0 Å². The van der Waals surface area contributed by atoms with E-state index in [-0.39, 0.29) is 18.9 Å². The van der Waals surface area contributed by atoms with Crippen molar-refractivity contribution in [1.82, 2.24) is 15.3 Å². The Hall–Kier alpha value is -2.18. The van der Waals surface area contributed by atoms with E-state index in [2.05, 4.69) is 15.3 Å². The number of nitrogens with one attached hydrogen (secondary N) is 1. The normalized spacial score (nSPS) is 10.1. The number of aliphatic carboxylic acids is 1. The molecule has 0 saturated carbocycles. The monoisotopic (exact) mass is 294 g/mol. The summed E-state index contributed by atoms with van der Waals surface area (Å²) in [6.07, 6.45) is 6.83. The molecule has 2 N–H and O–H groups in total. The summed E-state index contributed by atoms with van der Waals surface area (Å²) in [5, 5.41) is 11.3. The van der Waals surface area contributed by atoms with Crippen LogP contribution >= 0.6 is 0 Å². The van der Waals surface area contributed by atoms with Crippen molar-refractivity contribution in [2.75, 3.05) is 25.0 Å². The maximum atomic E-state index is 11.7. The van der Waals surface area contributed by atoms with E-state index in [1.54, 1.807) is 30.4 Å². The fraction of sp³-hybridized carbons (Fsp3) is 0.571. The third-order valence-electron chi connectivity index (χ3n) is 2.91. The van der Waals surface area contributed by atoms with Gasteiger partial charge in [0.2, 0.25) is 11.9 Å². The molecular weight excluding hydrogens is 272 g/mol. The van der Waals surface area contributed by atoms with Gasteiger partial charge in [0.25, 0.3) is 0 Å². The fourth-order valence-electron chi connectivity index (χ4n) is 1.81. The summed E-state index contributed by atoms with van der Waals surface area (Å²) in [7, 11) is 1.76. The van der Waals surface area contributed by atoms with Crippen molar-refractivity contribution in [3.63, 3.8) is 0 Å². The van der Waals surface area contributed by atoms with Gasteiger partial charge >= 0.3 is 5.97 Å². The molecule has 0 atom stereocenters. The van der Waals surface area contributed by atoms with E-state index in [4.69, 9.17) is 5.11 Å². The van der Waals surface area contributed by atoms with Crippen LogP contribution in [0, 0.1) is 0 Å². The Morgan fingerprint density at radius 1 is 1.19 bits per heavy atom. The van der Waals surface area contributed by atoms with E-state index < -0.39 is 5.97 Å². The molecule has 1 amide bonds. The highest BCUT2D eigenvalue weighted by molar-refractivity contribution is 5.80. The molecule has 0 spiro atoms. The highest BCUT2D eigenvalue weighted by Crippen LogP contribution is 2.03. The van der Waals surface area contributed by atoms with Gasteiger partial charge in [-0.05, 0) is 18.9 Å². The third kappa shape index (κ3) is 7.86. The third-order valence-corrected chi connectivity index (χ3v) is 2.91. The van der Waals surface area contributed by atoms with Gasteiger partial charge in [0.1, 0.15) is 0 Å². The average Bonchev–Trinajstić information content (AvgIpc) is 2.46. The largest absolute Gasteiger partial charge is 0.481 e. The Kier molecular flexibility index (Phi) is 7.78. The zero-order valence-electron chi connectivity index (χ0n) is 12.3. The van der Waals surface area contributed by atoms with Crippen molar-refractivity contribution in [3.05, 3.63) is 18.5 Å². The SMILES string of the molecule is CN(CC(=O)NCCCCCCC(=O)O)c1ncccn1. The van der Waals surface area contributed by atoms with Gasteiger partial charge in [-0.25, -0.2) is 9.97 Å². The Labute approximate surface area is 124 Å². The summed E-state index contributed by atoms with van der Waals surface area (Å²) in [6.45, 7) is 0.818. The zero-order chi connectivity index (χ0) is 15.5. The van der Waals surface area contributed by atoms with E-state index in [9.17, 15) is 9.59 Å². The molecule has 0 fully saturated rings. The van der Waals surface area contributed by atoms with E-state index in [1.807, 2.05) is 0 Å². The van der Waals surface area contributed by atoms with E-state index in [0.717, 1.165) is 19.3 Å². The zero-order valence-corrected chi connectivity index (χ0v) is 12.3. The maximum absolute atomic E-state index is 11.7. The quantitative estimate of drug-likeness (QED) is 0.627. The molecule has 1 aromatic heterocycles. The van der Waals surface area contributed by atoms with Crippen LogP contribution in [0.4, 0.5) is 5.95 Å². The van der Waals surface area contributed by atoms with Crippen LogP contribution in [0.25, 0.3) is 0 Å². The molecule has 0 aliphatic carbocycles. The Morgan fingerprint density at radius 2 is 1.86 bits per heavy atom. The molecule has 0 aromatic carbocycles. The van der Waals surface area contributed by atoms with Crippen LogP contribution in [0.3, 0.4) is 0 Å². The number of carboxylic acid groups (broad SMARTS) is 1. The molecule has 0 unspecified atom stereocenters. The van der Waals surface area contributed by atoms with Gasteiger partial charge in [0.15, 0.2) is 0 Å². The maximum Gasteiger partial charge on any atom is 0.303 e. The number of carbonyl (C=O) groups excluding carboxylic acids is 1. The van der Waals surface area contributed by atoms with Crippen molar-refractivity contribution in [2.45, 2.75) is 32.1 Å². The van der Waals surface area contributed by atoms with Gasteiger partial charge in [-0.2, -0.15) is 0 Å². The summed E-state index contributed by atoms with van der Waals surface area (Å²) >= 11 is 0. The van der Waals surface area contributed by atoms with Gasteiger partial charge in [0, 0.05) is 32.4 Å². The molecule has 1 heterocycles. The molecule has 0 saturated heterocycles. The van der Waals surface area contributed by atoms with Crippen LogP contribution in [0.1, 0.15) is 32.1 Å². The van der Waals surface area contributed by atoms with E-state index >= 15 is 0 Å². The van der Waals surface area contributed by atoms with Gasteiger partial charge in [-0.15, -0.1) is 0 Å². The van der Waals surface area contributed by atoms with Gasteiger partial charge in [0.05, 0.1) is 6.54 Å². The number of carbonyl (C=O) groups is 2. The lowest BCUT2D eigenvalue weighted by molar-refractivity contribution is -0.137. The molecule has 1 aromatic rings. The number of rotatable bonds is 10. The van der Waals surface area contributed by atoms with Crippen molar-refractivity contribution < 1.29 is 14.7 Å². The summed E-state index contributed by atoms with van der Waals surface area (Å²) in [4.78, 5) is 31.9. The Bertz CT molecular complexity index is 439. The first-order valence-corrected chi connectivity index (χ1v) is 7.06. The molecule has 0 bridgehead atoms. The Morgan fingerprint density at radius 3 is 2.52 bits per heavy atom. The highest BCUT2D eigenvalue weighted by Gasteiger charge is 2.08. The minimum Gasteiger partial charge on any atom is -0.481 e. The Balaban J connectivity index is 2.07. The molecule has 7 nitrogen and oxygen atoms in total. The molecule has 21 heavy (non-hydrogen) atoms. The minimum atomic E-state index is -0.755. The number of nitrogens with zero attached hydrogens (tertiary/aromatic N) is 3.